The lowest BCUT2D eigenvalue weighted by molar-refractivity contribution is 0.0996. The van der Waals surface area contributed by atoms with Crippen molar-refractivity contribution in [1.29, 1.82) is 0 Å². The van der Waals surface area contributed by atoms with Crippen LogP contribution in [-0.4, -0.2) is 25.5 Å². The molecule has 1 aromatic carbocycles. The van der Waals surface area contributed by atoms with E-state index in [1.165, 1.54) is 0 Å². The second kappa shape index (κ2) is 6.01. The minimum absolute atomic E-state index is 0.0106. The van der Waals surface area contributed by atoms with Gasteiger partial charge in [0.05, 0.1) is 5.69 Å². The number of phenolic OH excluding ortho intramolecular Hbond substituents is 1. The number of hydrogen-bond acceptors (Lipinski definition) is 5. The molecule has 0 fully saturated rings. The van der Waals surface area contributed by atoms with Gasteiger partial charge in [-0.05, 0) is 57.4 Å². The van der Waals surface area contributed by atoms with Crippen LogP contribution >= 0.6 is 0 Å². The molecule has 0 unspecified atom stereocenters. The van der Waals surface area contributed by atoms with Crippen molar-refractivity contribution in [2.75, 3.05) is 5.73 Å². The number of carbonyl (C=O) groups excluding carboxylic acids is 1. The van der Waals surface area contributed by atoms with E-state index in [2.05, 4.69) is 9.97 Å². The van der Waals surface area contributed by atoms with Crippen LogP contribution in [0.4, 0.5) is 5.69 Å². The molecule has 3 aromatic rings. The van der Waals surface area contributed by atoms with E-state index < -0.39 is 5.91 Å². The molecule has 3 rings (SSSR count). The van der Waals surface area contributed by atoms with E-state index in [4.69, 9.17) is 11.5 Å². The maximum Gasteiger partial charge on any atom is 0.269 e. The monoisotopic (exact) mass is 353 g/mol. The number of primary amides is 1. The predicted octanol–water partition coefficient (Wildman–Crippen LogP) is 2.99. The average Bonchev–Trinajstić information content (AvgIpc) is 2.88. The SMILES string of the molecule is Cc1ccc(O)c(C)c1-c1c(N)c(C(N)=O)nc2c1nc(C)n2C(C)C. The van der Waals surface area contributed by atoms with Gasteiger partial charge in [-0.3, -0.25) is 4.79 Å². The number of fused-ring (bicyclic) bond motifs is 1. The lowest BCUT2D eigenvalue weighted by atomic mass is 9.93. The van der Waals surface area contributed by atoms with E-state index in [1.807, 2.05) is 32.3 Å². The Balaban J connectivity index is 2.57. The fourth-order valence-corrected chi connectivity index (χ4v) is 3.50. The van der Waals surface area contributed by atoms with Gasteiger partial charge in [0.15, 0.2) is 11.3 Å². The van der Waals surface area contributed by atoms with Gasteiger partial charge < -0.3 is 21.1 Å². The molecule has 0 aliphatic rings. The molecule has 0 atom stereocenters. The second-order valence-electron chi connectivity index (χ2n) is 6.81. The quantitative estimate of drug-likeness (QED) is 0.668. The number of hydrogen-bond donors (Lipinski definition) is 3. The van der Waals surface area contributed by atoms with Gasteiger partial charge >= 0.3 is 0 Å². The summed E-state index contributed by atoms with van der Waals surface area (Å²) in [5, 5.41) is 10.2. The third kappa shape index (κ3) is 2.47. The van der Waals surface area contributed by atoms with Gasteiger partial charge in [-0.1, -0.05) is 6.07 Å². The van der Waals surface area contributed by atoms with Crippen LogP contribution in [0.3, 0.4) is 0 Å². The standard InChI is InChI=1S/C19H23N5O2/c1-8(2)24-11(5)22-16-14(13-9(3)6-7-12(25)10(13)4)15(20)17(18(21)26)23-19(16)24/h6-8,25H,20H2,1-5H3,(H2,21,26). The molecule has 136 valence electrons. The number of aromatic hydroxyl groups is 1. The number of nitrogen functional groups attached to an aromatic ring is 1. The van der Waals surface area contributed by atoms with E-state index in [0.29, 0.717) is 22.3 Å². The van der Waals surface area contributed by atoms with Gasteiger partial charge in [-0.2, -0.15) is 0 Å². The maximum atomic E-state index is 12.0. The average molecular weight is 353 g/mol. The number of anilines is 1. The van der Waals surface area contributed by atoms with E-state index >= 15 is 0 Å². The molecule has 0 saturated heterocycles. The highest BCUT2D eigenvalue weighted by molar-refractivity contribution is 6.07. The lowest BCUT2D eigenvalue weighted by Crippen LogP contribution is -2.17. The first-order valence-electron chi connectivity index (χ1n) is 8.42. The number of pyridine rings is 1. The smallest absolute Gasteiger partial charge is 0.269 e. The largest absolute Gasteiger partial charge is 0.508 e. The Morgan fingerprint density at radius 1 is 1.15 bits per heavy atom. The van der Waals surface area contributed by atoms with Crippen LogP contribution in [0.15, 0.2) is 12.1 Å². The highest BCUT2D eigenvalue weighted by Crippen LogP contribution is 2.41. The molecular weight excluding hydrogens is 330 g/mol. The molecule has 0 saturated carbocycles. The number of aryl methyl sites for hydroxylation is 2. The van der Waals surface area contributed by atoms with Crippen molar-refractivity contribution >= 4 is 22.8 Å². The Labute approximate surface area is 151 Å². The minimum atomic E-state index is -0.699. The summed E-state index contributed by atoms with van der Waals surface area (Å²) in [6.45, 7) is 9.64. The van der Waals surface area contributed by atoms with Gasteiger partial charge in [-0.15, -0.1) is 0 Å². The molecule has 7 nitrogen and oxygen atoms in total. The fraction of sp³-hybridized carbons (Fsp3) is 0.316. The summed E-state index contributed by atoms with van der Waals surface area (Å²) < 4.78 is 1.94. The Hall–Kier alpha value is -3.09. The molecule has 2 heterocycles. The number of nitrogens with two attached hydrogens (primary N) is 2. The molecule has 7 heteroatoms. The molecule has 0 bridgehead atoms. The Morgan fingerprint density at radius 2 is 1.81 bits per heavy atom. The van der Waals surface area contributed by atoms with Gasteiger partial charge in [0.2, 0.25) is 0 Å². The van der Waals surface area contributed by atoms with Gasteiger partial charge in [0.1, 0.15) is 17.1 Å². The Bertz CT molecular complexity index is 1050. The number of benzene rings is 1. The zero-order valence-corrected chi connectivity index (χ0v) is 15.6. The van der Waals surface area contributed by atoms with Crippen molar-refractivity contribution in [3.05, 3.63) is 34.8 Å². The third-order valence-corrected chi connectivity index (χ3v) is 4.69. The molecule has 0 spiro atoms. The first-order chi connectivity index (χ1) is 12.1. The number of amides is 1. The van der Waals surface area contributed by atoms with Crippen LogP contribution in [0.1, 0.15) is 47.3 Å². The zero-order valence-electron chi connectivity index (χ0n) is 15.6. The summed E-state index contributed by atoms with van der Waals surface area (Å²) in [6, 6.07) is 3.53. The number of aromatic nitrogens is 3. The first kappa shape index (κ1) is 17.7. The van der Waals surface area contributed by atoms with E-state index in [9.17, 15) is 9.90 Å². The van der Waals surface area contributed by atoms with Gasteiger partial charge in [0, 0.05) is 11.6 Å². The topological polar surface area (TPSA) is 120 Å². The van der Waals surface area contributed by atoms with Crippen molar-refractivity contribution in [1.82, 2.24) is 14.5 Å². The first-order valence-corrected chi connectivity index (χ1v) is 8.42. The van der Waals surface area contributed by atoms with Crippen molar-refractivity contribution in [3.63, 3.8) is 0 Å². The van der Waals surface area contributed by atoms with Crippen molar-refractivity contribution in [2.45, 2.75) is 40.7 Å². The zero-order chi connectivity index (χ0) is 19.3. The molecule has 0 aliphatic carbocycles. The van der Waals surface area contributed by atoms with Crippen molar-refractivity contribution < 1.29 is 9.90 Å². The summed E-state index contributed by atoms with van der Waals surface area (Å²) >= 11 is 0. The van der Waals surface area contributed by atoms with Crippen LogP contribution in [0.5, 0.6) is 5.75 Å². The molecule has 5 N–H and O–H groups in total. The summed E-state index contributed by atoms with van der Waals surface area (Å²) in [4.78, 5) is 21.1. The van der Waals surface area contributed by atoms with Crippen LogP contribution in [-0.2, 0) is 0 Å². The van der Waals surface area contributed by atoms with E-state index in [1.54, 1.807) is 19.1 Å². The van der Waals surface area contributed by atoms with Crippen molar-refractivity contribution in [3.8, 4) is 16.9 Å². The van der Waals surface area contributed by atoms with Crippen molar-refractivity contribution in [2.24, 2.45) is 5.73 Å². The predicted molar refractivity (Wildman–Crippen MR) is 102 cm³/mol. The van der Waals surface area contributed by atoms with Crippen LogP contribution in [0, 0.1) is 20.8 Å². The Morgan fingerprint density at radius 3 is 2.38 bits per heavy atom. The molecule has 26 heavy (non-hydrogen) atoms. The highest BCUT2D eigenvalue weighted by atomic mass is 16.3. The lowest BCUT2D eigenvalue weighted by Gasteiger charge is -2.17. The second-order valence-corrected chi connectivity index (χ2v) is 6.81. The summed E-state index contributed by atoms with van der Waals surface area (Å²) in [5.74, 6) is 0.214. The number of nitrogens with zero attached hydrogens (tertiary/aromatic N) is 3. The number of carbonyl (C=O) groups is 1. The highest BCUT2D eigenvalue weighted by Gasteiger charge is 2.25. The van der Waals surface area contributed by atoms with E-state index in [-0.39, 0.29) is 23.2 Å². The summed E-state index contributed by atoms with van der Waals surface area (Å²) in [7, 11) is 0. The molecule has 0 aliphatic heterocycles. The normalized spacial score (nSPS) is 11.5. The van der Waals surface area contributed by atoms with Gasteiger partial charge in [0.25, 0.3) is 5.91 Å². The third-order valence-electron chi connectivity index (χ3n) is 4.69. The number of phenols is 1. The fourth-order valence-electron chi connectivity index (χ4n) is 3.50. The van der Waals surface area contributed by atoms with Crippen LogP contribution in [0.2, 0.25) is 0 Å². The van der Waals surface area contributed by atoms with Crippen LogP contribution < -0.4 is 11.5 Å². The molecular formula is C19H23N5O2. The van der Waals surface area contributed by atoms with E-state index in [0.717, 1.165) is 17.0 Å². The number of imidazole rings is 1. The summed E-state index contributed by atoms with van der Waals surface area (Å²) in [6.07, 6.45) is 0. The molecule has 0 radical (unpaired) electrons. The molecule has 1 amide bonds. The van der Waals surface area contributed by atoms with Gasteiger partial charge in [-0.25, -0.2) is 9.97 Å². The Kier molecular flexibility index (Phi) is 4.10. The number of rotatable bonds is 3. The maximum absolute atomic E-state index is 12.0. The minimum Gasteiger partial charge on any atom is -0.508 e. The summed E-state index contributed by atoms with van der Waals surface area (Å²) in [5.41, 5.74) is 16.1. The molecule has 2 aromatic heterocycles. The van der Waals surface area contributed by atoms with Crippen LogP contribution in [0.25, 0.3) is 22.3 Å².